The van der Waals surface area contributed by atoms with Crippen molar-refractivity contribution in [2.24, 2.45) is 4.99 Å². The number of nitrogens with one attached hydrogen (secondary N) is 1. The Kier molecular flexibility index (Phi) is 4.72. The van der Waals surface area contributed by atoms with Gasteiger partial charge in [0, 0.05) is 18.1 Å². The molecule has 0 spiro atoms. The molecule has 0 aliphatic carbocycles. The lowest BCUT2D eigenvalue weighted by atomic mass is 9.84. The largest absolute Gasteiger partial charge is 0.493 e. The standard InChI is InChI=1S/C21H24N2O3/c1-13(24)22-17-9-7-6-8-15(17)20-16-11-19(26-5)18(25-4)10-14(16)12-21(2,3)23-20/h6-11H,12H2,1-5H3,(H,22,24). The molecular formula is C21H24N2O3. The molecule has 0 saturated carbocycles. The van der Waals surface area contributed by atoms with Gasteiger partial charge in [-0.2, -0.15) is 0 Å². The van der Waals surface area contributed by atoms with Crippen LogP contribution < -0.4 is 14.8 Å². The maximum absolute atomic E-state index is 11.6. The lowest BCUT2D eigenvalue weighted by Gasteiger charge is -2.30. The molecular weight excluding hydrogens is 328 g/mol. The third-order valence-corrected chi connectivity index (χ3v) is 4.39. The fourth-order valence-corrected chi connectivity index (χ4v) is 3.35. The van der Waals surface area contributed by atoms with E-state index in [4.69, 9.17) is 14.5 Å². The highest BCUT2D eigenvalue weighted by Gasteiger charge is 2.30. The summed E-state index contributed by atoms with van der Waals surface area (Å²) in [4.78, 5) is 16.6. The molecule has 1 amide bonds. The molecule has 26 heavy (non-hydrogen) atoms. The first-order valence-corrected chi connectivity index (χ1v) is 8.57. The monoisotopic (exact) mass is 352 g/mol. The number of ether oxygens (including phenoxy) is 2. The molecule has 1 heterocycles. The quantitative estimate of drug-likeness (QED) is 0.910. The second-order valence-electron chi connectivity index (χ2n) is 7.04. The number of para-hydroxylation sites is 1. The van der Waals surface area contributed by atoms with Crippen LogP contribution in [-0.2, 0) is 11.2 Å². The molecule has 136 valence electrons. The number of carbonyl (C=O) groups is 1. The van der Waals surface area contributed by atoms with Gasteiger partial charge in [0.2, 0.25) is 5.91 Å². The Morgan fingerprint density at radius 1 is 1.08 bits per heavy atom. The molecule has 1 aliphatic rings. The van der Waals surface area contributed by atoms with Gasteiger partial charge in [-0.15, -0.1) is 0 Å². The zero-order chi connectivity index (χ0) is 18.9. The Hall–Kier alpha value is -2.82. The summed E-state index contributed by atoms with van der Waals surface area (Å²) in [5.41, 5.74) is 4.38. The molecule has 5 heteroatoms. The Labute approximate surface area is 154 Å². The van der Waals surface area contributed by atoms with Crippen molar-refractivity contribution < 1.29 is 14.3 Å². The number of hydrogen-bond acceptors (Lipinski definition) is 4. The van der Waals surface area contributed by atoms with Crippen LogP contribution in [0, 0.1) is 0 Å². The van der Waals surface area contributed by atoms with Gasteiger partial charge in [0.1, 0.15) is 0 Å². The molecule has 1 aliphatic heterocycles. The van der Waals surface area contributed by atoms with Crippen LogP contribution in [0.1, 0.15) is 37.5 Å². The molecule has 0 saturated heterocycles. The molecule has 3 rings (SSSR count). The normalized spacial score (nSPS) is 14.9. The van der Waals surface area contributed by atoms with Crippen molar-refractivity contribution in [3.05, 3.63) is 53.1 Å². The van der Waals surface area contributed by atoms with Crippen LogP contribution in [-0.4, -0.2) is 31.4 Å². The van der Waals surface area contributed by atoms with E-state index in [0.29, 0.717) is 11.5 Å². The summed E-state index contributed by atoms with van der Waals surface area (Å²) in [5.74, 6) is 1.26. The van der Waals surface area contributed by atoms with E-state index in [1.807, 2.05) is 36.4 Å². The Bertz CT molecular complexity index is 885. The van der Waals surface area contributed by atoms with Crippen LogP contribution in [0.4, 0.5) is 5.69 Å². The van der Waals surface area contributed by atoms with Gasteiger partial charge < -0.3 is 14.8 Å². The zero-order valence-electron chi connectivity index (χ0n) is 15.8. The first-order chi connectivity index (χ1) is 12.3. The highest BCUT2D eigenvalue weighted by atomic mass is 16.5. The average molecular weight is 352 g/mol. The fourth-order valence-electron chi connectivity index (χ4n) is 3.35. The van der Waals surface area contributed by atoms with E-state index in [1.54, 1.807) is 14.2 Å². The second-order valence-corrected chi connectivity index (χ2v) is 7.04. The van der Waals surface area contributed by atoms with Crippen molar-refractivity contribution in [2.45, 2.75) is 32.7 Å². The summed E-state index contributed by atoms with van der Waals surface area (Å²) in [6.07, 6.45) is 0.800. The number of aliphatic imine (C=N–C) groups is 1. The number of nitrogens with zero attached hydrogens (tertiary/aromatic N) is 1. The summed E-state index contributed by atoms with van der Waals surface area (Å²) in [6, 6.07) is 11.7. The highest BCUT2D eigenvalue weighted by molar-refractivity contribution is 6.18. The number of carbonyl (C=O) groups excluding carboxylic acids is 1. The molecule has 0 radical (unpaired) electrons. The summed E-state index contributed by atoms with van der Waals surface area (Å²) in [6.45, 7) is 5.71. The maximum atomic E-state index is 11.6. The Morgan fingerprint density at radius 2 is 1.73 bits per heavy atom. The molecule has 0 aromatic heterocycles. The summed E-state index contributed by atoms with van der Waals surface area (Å²) in [5, 5.41) is 2.90. The van der Waals surface area contributed by atoms with Crippen molar-refractivity contribution >= 4 is 17.3 Å². The van der Waals surface area contributed by atoms with Crippen molar-refractivity contribution in [1.29, 1.82) is 0 Å². The van der Waals surface area contributed by atoms with Gasteiger partial charge in [-0.05, 0) is 44.0 Å². The van der Waals surface area contributed by atoms with E-state index >= 15 is 0 Å². The Morgan fingerprint density at radius 3 is 2.38 bits per heavy atom. The molecule has 5 nitrogen and oxygen atoms in total. The number of anilines is 1. The molecule has 2 aromatic carbocycles. The van der Waals surface area contributed by atoms with Gasteiger partial charge in [0.05, 0.1) is 31.2 Å². The van der Waals surface area contributed by atoms with Crippen LogP contribution in [0.2, 0.25) is 0 Å². The molecule has 2 aromatic rings. The van der Waals surface area contributed by atoms with E-state index in [0.717, 1.165) is 34.5 Å². The van der Waals surface area contributed by atoms with Gasteiger partial charge in [-0.3, -0.25) is 9.79 Å². The van der Waals surface area contributed by atoms with Crippen LogP contribution in [0.3, 0.4) is 0 Å². The molecule has 1 N–H and O–H groups in total. The van der Waals surface area contributed by atoms with E-state index in [1.165, 1.54) is 6.92 Å². The Balaban J connectivity index is 2.23. The fraction of sp³-hybridized carbons (Fsp3) is 0.333. The minimum absolute atomic E-state index is 0.111. The van der Waals surface area contributed by atoms with Crippen LogP contribution in [0.5, 0.6) is 11.5 Å². The number of hydrogen-bond donors (Lipinski definition) is 1. The number of rotatable bonds is 4. The smallest absolute Gasteiger partial charge is 0.221 e. The number of fused-ring (bicyclic) bond motifs is 1. The molecule has 0 bridgehead atoms. The van der Waals surface area contributed by atoms with Gasteiger partial charge in [-0.1, -0.05) is 18.2 Å². The van der Waals surface area contributed by atoms with Crippen LogP contribution in [0.25, 0.3) is 0 Å². The maximum Gasteiger partial charge on any atom is 0.221 e. The van der Waals surface area contributed by atoms with E-state index in [2.05, 4.69) is 19.2 Å². The van der Waals surface area contributed by atoms with Crippen molar-refractivity contribution in [2.75, 3.05) is 19.5 Å². The van der Waals surface area contributed by atoms with Crippen molar-refractivity contribution in [3.8, 4) is 11.5 Å². The van der Waals surface area contributed by atoms with Crippen molar-refractivity contribution in [3.63, 3.8) is 0 Å². The summed E-state index contributed by atoms with van der Waals surface area (Å²) < 4.78 is 10.9. The van der Waals surface area contributed by atoms with E-state index in [-0.39, 0.29) is 11.4 Å². The number of amides is 1. The first-order valence-electron chi connectivity index (χ1n) is 8.57. The zero-order valence-corrected chi connectivity index (χ0v) is 15.8. The topological polar surface area (TPSA) is 59.9 Å². The van der Waals surface area contributed by atoms with E-state index in [9.17, 15) is 4.79 Å². The van der Waals surface area contributed by atoms with Gasteiger partial charge in [0.15, 0.2) is 11.5 Å². The van der Waals surface area contributed by atoms with Crippen molar-refractivity contribution in [1.82, 2.24) is 0 Å². The first kappa shape index (κ1) is 18.0. The lowest BCUT2D eigenvalue weighted by molar-refractivity contribution is -0.114. The number of benzene rings is 2. The third-order valence-electron chi connectivity index (χ3n) is 4.39. The third kappa shape index (κ3) is 3.43. The van der Waals surface area contributed by atoms with Crippen LogP contribution in [0.15, 0.2) is 41.4 Å². The predicted molar refractivity (Wildman–Crippen MR) is 104 cm³/mol. The molecule has 0 atom stereocenters. The van der Waals surface area contributed by atoms with Gasteiger partial charge in [-0.25, -0.2) is 0 Å². The van der Waals surface area contributed by atoms with Gasteiger partial charge in [0.25, 0.3) is 0 Å². The highest BCUT2D eigenvalue weighted by Crippen LogP contribution is 2.38. The second kappa shape index (κ2) is 6.83. The summed E-state index contributed by atoms with van der Waals surface area (Å²) >= 11 is 0. The van der Waals surface area contributed by atoms with Crippen LogP contribution >= 0.6 is 0 Å². The minimum atomic E-state index is -0.259. The van der Waals surface area contributed by atoms with E-state index < -0.39 is 0 Å². The molecule has 0 fully saturated rings. The number of methoxy groups -OCH3 is 2. The lowest BCUT2D eigenvalue weighted by Crippen LogP contribution is -2.30. The predicted octanol–water partition coefficient (Wildman–Crippen LogP) is 3.83. The summed E-state index contributed by atoms with van der Waals surface area (Å²) in [7, 11) is 3.26. The SMILES string of the molecule is COc1cc2c(cc1OC)C(c1ccccc1NC(C)=O)=NC(C)(C)C2. The average Bonchev–Trinajstić information content (AvgIpc) is 2.59. The molecule has 0 unspecified atom stereocenters. The van der Waals surface area contributed by atoms with Gasteiger partial charge >= 0.3 is 0 Å². The minimum Gasteiger partial charge on any atom is -0.493 e.